The molecule has 17 heavy (non-hydrogen) atoms. The second-order valence-corrected chi connectivity index (χ2v) is 4.97. The fraction of sp³-hybridized carbons (Fsp3) is 0.385. The average Bonchev–Trinajstić information content (AvgIpc) is 2.98. The first-order valence-corrected chi connectivity index (χ1v) is 6.58. The summed E-state index contributed by atoms with van der Waals surface area (Å²) in [5.74, 6) is 0.870. The van der Waals surface area contributed by atoms with E-state index in [1.165, 1.54) is 9.75 Å². The molecule has 0 spiro atoms. The van der Waals surface area contributed by atoms with Gasteiger partial charge in [0, 0.05) is 16.3 Å². The lowest BCUT2D eigenvalue weighted by Crippen LogP contribution is -2.10. The molecule has 0 saturated carbocycles. The number of ether oxygens (including phenoxy) is 1. The van der Waals surface area contributed by atoms with Crippen LogP contribution in [0.15, 0.2) is 34.9 Å². The van der Waals surface area contributed by atoms with Crippen molar-refractivity contribution in [3.8, 4) is 0 Å². The quantitative estimate of drug-likeness (QED) is 0.820. The van der Waals surface area contributed by atoms with E-state index in [4.69, 9.17) is 9.15 Å². The SMILES string of the molecule is CCNCc1ccc(COCc2ccco2)s1. The predicted octanol–water partition coefficient (Wildman–Crippen LogP) is 3.17. The standard InChI is InChI=1S/C13H17NO2S/c1-2-14-8-12-5-6-13(17-12)10-15-9-11-4-3-7-16-11/h3-7,14H,2,8-10H2,1H3. The number of hydrogen-bond acceptors (Lipinski definition) is 4. The highest BCUT2D eigenvalue weighted by Crippen LogP contribution is 2.17. The molecule has 0 fully saturated rings. The molecule has 0 aliphatic heterocycles. The molecule has 0 saturated heterocycles. The van der Waals surface area contributed by atoms with Gasteiger partial charge in [-0.15, -0.1) is 11.3 Å². The van der Waals surface area contributed by atoms with Crippen LogP contribution in [0.2, 0.25) is 0 Å². The van der Waals surface area contributed by atoms with Crippen LogP contribution < -0.4 is 5.32 Å². The van der Waals surface area contributed by atoms with Crippen molar-refractivity contribution in [2.75, 3.05) is 6.54 Å². The topological polar surface area (TPSA) is 34.4 Å². The zero-order chi connectivity index (χ0) is 11.9. The van der Waals surface area contributed by atoms with E-state index in [0.29, 0.717) is 13.2 Å². The average molecular weight is 251 g/mol. The maximum atomic E-state index is 5.58. The molecule has 0 radical (unpaired) electrons. The summed E-state index contributed by atoms with van der Waals surface area (Å²) in [5.41, 5.74) is 0. The van der Waals surface area contributed by atoms with Crippen molar-refractivity contribution in [2.24, 2.45) is 0 Å². The van der Waals surface area contributed by atoms with Crippen molar-refractivity contribution in [2.45, 2.75) is 26.7 Å². The Morgan fingerprint density at radius 1 is 1.24 bits per heavy atom. The Labute approximate surface area is 105 Å². The normalized spacial score (nSPS) is 10.9. The first-order chi connectivity index (χ1) is 8.38. The first-order valence-electron chi connectivity index (χ1n) is 5.77. The summed E-state index contributed by atoms with van der Waals surface area (Å²) in [4.78, 5) is 2.60. The Kier molecular flexibility index (Phi) is 4.79. The summed E-state index contributed by atoms with van der Waals surface area (Å²) in [7, 11) is 0. The molecule has 0 bridgehead atoms. The second-order valence-electron chi connectivity index (χ2n) is 3.72. The molecule has 0 aliphatic carbocycles. The van der Waals surface area contributed by atoms with Crippen LogP contribution in [0.4, 0.5) is 0 Å². The van der Waals surface area contributed by atoms with Gasteiger partial charge in [-0.05, 0) is 30.8 Å². The van der Waals surface area contributed by atoms with Gasteiger partial charge in [-0.1, -0.05) is 6.92 Å². The van der Waals surface area contributed by atoms with Crippen LogP contribution in [-0.4, -0.2) is 6.54 Å². The molecule has 1 N–H and O–H groups in total. The molecular weight excluding hydrogens is 234 g/mol. The van der Waals surface area contributed by atoms with Crippen LogP contribution in [0.1, 0.15) is 22.4 Å². The monoisotopic (exact) mass is 251 g/mol. The second kappa shape index (κ2) is 6.59. The third kappa shape index (κ3) is 4.00. The van der Waals surface area contributed by atoms with Gasteiger partial charge in [0.2, 0.25) is 0 Å². The Morgan fingerprint density at radius 3 is 2.88 bits per heavy atom. The van der Waals surface area contributed by atoms with E-state index >= 15 is 0 Å². The van der Waals surface area contributed by atoms with E-state index in [1.807, 2.05) is 12.1 Å². The van der Waals surface area contributed by atoms with Crippen LogP contribution >= 0.6 is 11.3 Å². The maximum Gasteiger partial charge on any atom is 0.129 e. The minimum absolute atomic E-state index is 0.535. The smallest absolute Gasteiger partial charge is 0.129 e. The lowest BCUT2D eigenvalue weighted by molar-refractivity contribution is 0.0948. The van der Waals surface area contributed by atoms with E-state index in [1.54, 1.807) is 17.6 Å². The fourth-order valence-corrected chi connectivity index (χ4v) is 2.42. The van der Waals surface area contributed by atoms with Gasteiger partial charge in [-0.25, -0.2) is 0 Å². The number of hydrogen-bond donors (Lipinski definition) is 1. The van der Waals surface area contributed by atoms with Crippen molar-refractivity contribution >= 4 is 11.3 Å². The lowest BCUT2D eigenvalue weighted by atomic mass is 10.4. The van der Waals surface area contributed by atoms with E-state index in [9.17, 15) is 0 Å². The van der Waals surface area contributed by atoms with Gasteiger partial charge in [-0.2, -0.15) is 0 Å². The number of furan rings is 1. The lowest BCUT2D eigenvalue weighted by Gasteiger charge is -1.99. The summed E-state index contributed by atoms with van der Waals surface area (Å²) < 4.78 is 10.8. The van der Waals surface area contributed by atoms with Gasteiger partial charge >= 0.3 is 0 Å². The summed E-state index contributed by atoms with van der Waals surface area (Å²) in [6, 6.07) is 8.07. The summed E-state index contributed by atoms with van der Waals surface area (Å²) in [5, 5.41) is 3.31. The zero-order valence-corrected chi connectivity index (χ0v) is 10.8. The number of thiophene rings is 1. The van der Waals surface area contributed by atoms with Crippen molar-refractivity contribution in [1.29, 1.82) is 0 Å². The van der Waals surface area contributed by atoms with E-state index in [2.05, 4.69) is 24.4 Å². The third-order valence-corrected chi connectivity index (χ3v) is 3.39. The van der Waals surface area contributed by atoms with Crippen molar-refractivity contribution < 1.29 is 9.15 Å². The minimum Gasteiger partial charge on any atom is -0.467 e. The summed E-state index contributed by atoms with van der Waals surface area (Å²) >= 11 is 1.79. The highest BCUT2D eigenvalue weighted by molar-refractivity contribution is 7.11. The van der Waals surface area contributed by atoms with Gasteiger partial charge in [-0.3, -0.25) is 0 Å². The highest BCUT2D eigenvalue weighted by atomic mass is 32.1. The zero-order valence-electron chi connectivity index (χ0n) is 9.94. The largest absolute Gasteiger partial charge is 0.467 e. The molecule has 3 nitrogen and oxygen atoms in total. The van der Waals surface area contributed by atoms with Crippen molar-refractivity contribution in [3.63, 3.8) is 0 Å². The third-order valence-electron chi connectivity index (χ3n) is 2.34. The molecule has 2 aromatic heterocycles. The molecule has 0 aliphatic rings. The Balaban J connectivity index is 1.73. The molecule has 4 heteroatoms. The molecular formula is C13H17NO2S. The van der Waals surface area contributed by atoms with Gasteiger partial charge in [0.15, 0.2) is 0 Å². The van der Waals surface area contributed by atoms with Crippen LogP contribution in [0.5, 0.6) is 0 Å². The van der Waals surface area contributed by atoms with Crippen LogP contribution in [0.25, 0.3) is 0 Å². The molecule has 2 aromatic rings. The van der Waals surface area contributed by atoms with Gasteiger partial charge in [0.05, 0.1) is 12.9 Å². The van der Waals surface area contributed by atoms with Gasteiger partial charge in [0.25, 0.3) is 0 Å². The number of rotatable bonds is 7. The van der Waals surface area contributed by atoms with Crippen molar-refractivity contribution in [1.82, 2.24) is 5.32 Å². The van der Waals surface area contributed by atoms with Crippen LogP contribution in [0, 0.1) is 0 Å². The van der Waals surface area contributed by atoms with Crippen LogP contribution in [-0.2, 0) is 24.5 Å². The predicted molar refractivity (Wildman–Crippen MR) is 68.9 cm³/mol. The molecule has 2 rings (SSSR count). The Morgan fingerprint density at radius 2 is 2.12 bits per heavy atom. The summed E-state index contributed by atoms with van der Waals surface area (Å²) in [6.07, 6.45) is 1.67. The molecule has 0 aromatic carbocycles. The van der Waals surface area contributed by atoms with E-state index in [-0.39, 0.29) is 0 Å². The highest BCUT2D eigenvalue weighted by Gasteiger charge is 2.01. The Bertz CT molecular complexity index is 422. The number of nitrogens with one attached hydrogen (secondary N) is 1. The van der Waals surface area contributed by atoms with Gasteiger partial charge < -0.3 is 14.5 Å². The van der Waals surface area contributed by atoms with Crippen molar-refractivity contribution in [3.05, 3.63) is 46.0 Å². The van der Waals surface area contributed by atoms with E-state index in [0.717, 1.165) is 18.8 Å². The molecule has 92 valence electrons. The molecule has 0 unspecified atom stereocenters. The molecule has 0 amide bonds. The first kappa shape index (κ1) is 12.4. The Hall–Kier alpha value is -1.10. The van der Waals surface area contributed by atoms with E-state index < -0.39 is 0 Å². The maximum absolute atomic E-state index is 5.58. The fourth-order valence-electron chi connectivity index (χ4n) is 1.49. The summed E-state index contributed by atoms with van der Waals surface area (Å²) in [6.45, 7) is 5.24. The minimum atomic E-state index is 0.535. The molecule has 0 atom stereocenters. The molecule has 2 heterocycles. The van der Waals surface area contributed by atoms with Crippen LogP contribution in [0.3, 0.4) is 0 Å². The van der Waals surface area contributed by atoms with Gasteiger partial charge in [0.1, 0.15) is 12.4 Å².